The van der Waals surface area contributed by atoms with Gasteiger partial charge in [-0.3, -0.25) is 0 Å². The Bertz CT molecular complexity index is 1620. The van der Waals surface area contributed by atoms with Gasteiger partial charge in [-0.15, -0.1) is 5.10 Å². The maximum absolute atomic E-state index is 14.3. The van der Waals surface area contributed by atoms with Crippen molar-refractivity contribution in [1.29, 1.82) is 5.26 Å². The summed E-state index contributed by atoms with van der Waals surface area (Å²) in [6.45, 7) is -1.21. The highest BCUT2D eigenvalue weighted by molar-refractivity contribution is 6.03. The van der Waals surface area contributed by atoms with Crippen LogP contribution in [0.5, 0.6) is 6.01 Å². The first kappa shape index (κ1) is 23.7. The maximum atomic E-state index is 14.3. The van der Waals surface area contributed by atoms with E-state index in [1.807, 2.05) is 6.92 Å². The lowest BCUT2D eigenvalue weighted by Gasteiger charge is -2.16. The first-order chi connectivity index (χ1) is 17.9. The molecule has 0 bridgehead atoms. The van der Waals surface area contributed by atoms with Crippen LogP contribution in [0.25, 0.3) is 27.8 Å². The van der Waals surface area contributed by atoms with E-state index in [1.165, 1.54) is 29.5 Å². The number of hydrogen-bond acceptors (Lipinski definition) is 9. The van der Waals surface area contributed by atoms with Crippen LogP contribution in [-0.2, 0) is 0 Å². The third-order valence-corrected chi connectivity index (χ3v) is 5.68. The fourth-order valence-corrected chi connectivity index (χ4v) is 4.15. The second-order valence-electron chi connectivity index (χ2n) is 7.76. The average molecular weight is 506 g/mol. The quantitative estimate of drug-likeness (QED) is 0.349. The third-order valence-electron chi connectivity index (χ3n) is 5.68. The van der Waals surface area contributed by atoms with Crippen LogP contribution in [-0.4, -0.2) is 46.1 Å². The second kappa shape index (κ2) is 9.53. The molecule has 0 spiro atoms. The number of hydrogen-bond donors (Lipinski definition) is 1. The van der Waals surface area contributed by atoms with E-state index in [0.29, 0.717) is 34.3 Å². The van der Waals surface area contributed by atoms with Crippen LogP contribution < -0.4 is 10.5 Å². The number of aromatic nitrogens is 8. The average Bonchev–Trinajstić information content (AvgIpc) is 3.49. The van der Waals surface area contributed by atoms with Gasteiger partial charge in [0.2, 0.25) is 0 Å². The van der Waals surface area contributed by atoms with Crippen molar-refractivity contribution in [1.82, 2.24) is 39.5 Å². The Kier molecular flexibility index (Phi) is 6.10. The zero-order chi connectivity index (χ0) is 26.1. The number of anilines is 1. The predicted molar refractivity (Wildman–Crippen MR) is 124 cm³/mol. The molecule has 186 valence electrons. The molecular formula is C23H17F3N10O. The molecule has 0 fully saturated rings. The van der Waals surface area contributed by atoms with E-state index in [0.717, 1.165) is 0 Å². The Labute approximate surface area is 207 Å². The number of alkyl halides is 2. The molecule has 0 radical (unpaired) electrons. The van der Waals surface area contributed by atoms with E-state index >= 15 is 0 Å². The summed E-state index contributed by atoms with van der Waals surface area (Å²) in [4.78, 5) is 16.0. The van der Waals surface area contributed by atoms with Gasteiger partial charge < -0.3 is 15.0 Å². The van der Waals surface area contributed by atoms with Crippen LogP contribution in [0.2, 0.25) is 0 Å². The van der Waals surface area contributed by atoms with E-state index in [-0.39, 0.29) is 17.2 Å². The van der Waals surface area contributed by atoms with Crippen molar-refractivity contribution in [3.8, 4) is 28.9 Å². The smallest absolute Gasteiger partial charge is 0.389 e. The Morgan fingerprint density at radius 2 is 1.89 bits per heavy atom. The number of ether oxygens (including phenoxy) is 1. The van der Waals surface area contributed by atoms with Gasteiger partial charge in [-0.25, -0.2) is 29.0 Å². The first-order valence-corrected chi connectivity index (χ1v) is 10.9. The van der Waals surface area contributed by atoms with Gasteiger partial charge in [0.05, 0.1) is 17.6 Å². The molecule has 0 aliphatic rings. The van der Waals surface area contributed by atoms with Crippen molar-refractivity contribution < 1.29 is 17.9 Å². The standard InChI is InChI=1S/C23H17F3N10O/c1-2-15(14-10-35(34-33-14)16-6-4-3-5-13(16)24)36-17(7-27)18(19-20(28)31-11-32-21(19)36)12-8-29-23(30-9-12)37-22(25)26/h3-6,8-11,15,22H,2H2,1H3,(H2,28,31,32)/t15-/m0/s1. The summed E-state index contributed by atoms with van der Waals surface area (Å²) in [7, 11) is 0. The zero-order valence-electron chi connectivity index (χ0n) is 19.1. The lowest BCUT2D eigenvalue weighted by atomic mass is 10.1. The molecule has 11 nitrogen and oxygen atoms in total. The fourth-order valence-electron chi connectivity index (χ4n) is 4.15. The summed E-state index contributed by atoms with van der Waals surface area (Å²) in [5, 5.41) is 18.9. The zero-order valence-corrected chi connectivity index (χ0v) is 19.1. The molecule has 4 heterocycles. The first-order valence-electron chi connectivity index (χ1n) is 10.9. The van der Waals surface area contributed by atoms with E-state index < -0.39 is 24.5 Å². The Morgan fingerprint density at radius 3 is 2.57 bits per heavy atom. The van der Waals surface area contributed by atoms with Crippen molar-refractivity contribution in [2.45, 2.75) is 26.0 Å². The molecule has 0 aliphatic carbocycles. The molecule has 0 saturated heterocycles. The number of benzene rings is 1. The lowest BCUT2D eigenvalue weighted by Crippen LogP contribution is -2.13. The molecule has 1 atom stereocenters. The fraction of sp³-hybridized carbons (Fsp3) is 0.174. The number of nitriles is 1. The van der Waals surface area contributed by atoms with Crippen LogP contribution in [0.15, 0.2) is 49.2 Å². The third kappa shape index (κ3) is 4.16. The van der Waals surface area contributed by atoms with Crippen LogP contribution in [0.3, 0.4) is 0 Å². The van der Waals surface area contributed by atoms with Gasteiger partial charge >= 0.3 is 12.6 Å². The van der Waals surface area contributed by atoms with Crippen molar-refractivity contribution in [2.75, 3.05) is 5.73 Å². The number of rotatable bonds is 7. The molecule has 5 aromatic rings. The molecule has 14 heteroatoms. The lowest BCUT2D eigenvalue weighted by molar-refractivity contribution is -0.0560. The number of fused-ring (bicyclic) bond motifs is 1. The maximum Gasteiger partial charge on any atom is 0.389 e. The van der Waals surface area contributed by atoms with Gasteiger partial charge in [0.15, 0.2) is 0 Å². The van der Waals surface area contributed by atoms with E-state index in [1.54, 1.807) is 29.0 Å². The van der Waals surface area contributed by atoms with Gasteiger partial charge in [0.1, 0.15) is 46.8 Å². The number of nitrogen functional groups attached to an aromatic ring is 1. The van der Waals surface area contributed by atoms with Gasteiger partial charge in [-0.1, -0.05) is 24.3 Å². The Hall–Kier alpha value is -5.06. The summed E-state index contributed by atoms with van der Waals surface area (Å²) in [6, 6.07) is 7.22. The largest absolute Gasteiger partial charge is 0.401 e. The Morgan fingerprint density at radius 1 is 1.14 bits per heavy atom. The van der Waals surface area contributed by atoms with Crippen molar-refractivity contribution in [3.05, 3.63) is 66.4 Å². The molecule has 37 heavy (non-hydrogen) atoms. The van der Waals surface area contributed by atoms with E-state index in [9.17, 15) is 18.4 Å². The van der Waals surface area contributed by atoms with Crippen molar-refractivity contribution in [3.63, 3.8) is 0 Å². The molecule has 5 rings (SSSR count). The highest BCUT2D eigenvalue weighted by Gasteiger charge is 2.29. The van der Waals surface area contributed by atoms with Crippen LogP contribution in [0.4, 0.5) is 19.0 Å². The predicted octanol–water partition coefficient (Wildman–Crippen LogP) is 3.66. The Balaban J connectivity index is 1.68. The van der Waals surface area contributed by atoms with Crippen molar-refractivity contribution in [2.24, 2.45) is 0 Å². The molecule has 0 saturated carbocycles. The SMILES string of the molecule is CC[C@@H](c1cn(-c2ccccc2F)nn1)n1c(C#N)c(-c2cnc(OC(F)F)nc2)c2c(N)ncnc21. The minimum Gasteiger partial charge on any atom is -0.401 e. The van der Waals surface area contributed by atoms with Gasteiger partial charge in [0, 0.05) is 23.5 Å². The molecular weight excluding hydrogens is 489 g/mol. The van der Waals surface area contributed by atoms with Crippen LogP contribution >= 0.6 is 0 Å². The normalized spacial score (nSPS) is 12.1. The van der Waals surface area contributed by atoms with Crippen LogP contribution in [0, 0.1) is 17.1 Å². The highest BCUT2D eigenvalue weighted by atomic mass is 19.3. The molecule has 0 aliphatic heterocycles. The number of nitrogens with zero attached hydrogens (tertiary/aromatic N) is 9. The summed E-state index contributed by atoms with van der Waals surface area (Å²) in [5.74, 6) is -0.383. The molecule has 0 unspecified atom stereocenters. The minimum atomic E-state index is -3.09. The highest BCUT2D eigenvalue weighted by Crippen LogP contribution is 2.39. The molecule has 1 aromatic carbocycles. The van der Waals surface area contributed by atoms with E-state index in [4.69, 9.17) is 5.73 Å². The molecule has 4 aromatic heterocycles. The monoisotopic (exact) mass is 506 g/mol. The number of para-hydroxylation sites is 1. The minimum absolute atomic E-state index is 0.0908. The summed E-state index contributed by atoms with van der Waals surface area (Å²) in [5.41, 5.74) is 7.95. The summed E-state index contributed by atoms with van der Waals surface area (Å²) < 4.78 is 46.6. The summed E-state index contributed by atoms with van der Waals surface area (Å²) in [6.07, 6.45) is 5.77. The van der Waals surface area contributed by atoms with Crippen molar-refractivity contribution >= 4 is 16.9 Å². The van der Waals surface area contributed by atoms with Gasteiger partial charge in [0.25, 0.3) is 0 Å². The molecule has 2 N–H and O–H groups in total. The van der Waals surface area contributed by atoms with Gasteiger partial charge in [-0.2, -0.15) is 14.0 Å². The summed E-state index contributed by atoms with van der Waals surface area (Å²) >= 11 is 0. The topological polar surface area (TPSA) is 146 Å². The number of nitrogens with two attached hydrogens (primary N) is 1. The molecule has 0 amide bonds. The van der Waals surface area contributed by atoms with Gasteiger partial charge in [-0.05, 0) is 18.6 Å². The van der Waals surface area contributed by atoms with Crippen LogP contribution in [0.1, 0.15) is 30.8 Å². The van der Waals surface area contributed by atoms with E-state index in [2.05, 4.69) is 41.1 Å². The number of halogens is 3. The second-order valence-corrected chi connectivity index (χ2v) is 7.76.